The number of carbonyl (C=O) groups excluding carboxylic acids is 3. The fraction of sp³-hybridized carbons (Fsp3) is 0.667. The molecule has 8 atom stereocenters. The van der Waals surface area contributed by atoms with E-state index < -0.39 is 52.1 Å². The molecule has 4 heterocycles. The van der Waals surface area contributed by atoms with Crippen LogP contribution in [-0.4, -0.2) is 73.3 Å². The van der Waals surface area contributed by atoms with Gasteiger partial charge in [-0.05, 0) is 26.7 Å². The fourth-order valence-corrected chi connectivity index (χ4v) is 6.98. The molecule has 1 saturated carbocycles. The zero-order chi connectivity index (χ0) is 25.3. The van der Waals surface area contributed by atoms with E-state index in [1.807, 2.05) is 6.92 Å². The molecule has 6 rings (SSSR count). The summed E-state index contributed by atoms with van der Waals surface area (Å²) in [5.74, 6) is -1.51. The highest BCUT2D eigenvalue weighted by atomic mass is 16.7. The third-order valence-electron chi connectivity index (χ3n) is 9.47. The van der Waals surface area contributed by atoms with E-state index in [2.05, 4.69) is 19.9 Å². The smallest absolute Gasteiger partial charge is 0.338 e. The first-order valence-corrected chi connectivity index (χ1v) is 12.7. The molecule has 0 aromatic heterocycles. The SMILES string of the molecule is CC1=C[C@H]2O[C@@H]3C[C@H]4OC(=O)/C=C\C=C/C(=O)OCC[C@@]5(C)O[C@@H]5C(=O)OC[C@@]2(CC1)[C@]4(C)[C@@]31CO1. The Morgan fingerprint density at radius 1 is 0.944 bits per heavy atom. The molecule has 6 aliphatic rings. The molecular formula is C27H32O9. The highest BCUT2D eigenvalue weighted by molar-refractivity contribution is 5.84. The highest BCUT2D eigenvalue weighted by Gasteiger charge is 2.83. The lowest BCUT2D eigenvalue weighted by Gasteiger charge is -2.58. The van der Waals surface area contributed by atoms with E-state index in [9.17, 15) is 14.4 Å². The van der Waals surface area contributed by atoms with Gasteiger partial charge in [-0.3, -0.25) is 0 Å². The summed E-state index contributed by atoms with van der Waals surface area (Å²) < 4.78 is 35.6. The molecule has 36 heavy (non-hydrogen) atoms. The van der Waals surface area contributed by atoms with Crippen LogP contribution < -0.4 is 0 Å². The summed E-state index contributed by atoms with van der Waals surface area (Å²) >= 11 is 0. The summed E-state index contributed by atoms with van der Waals surface area (Å²) in [6.07, 6.45) is 8.23. The van der Waals surface area contributed by atoms with E-state index in [1.165, 1.54) is 29.9 Å². The third kappa shape index (κ3) is 3.35. The molecule has 4 fully saturated rings. The lowest BCUT2D eigenvalue weighted by Crippen LogP contribution is -2.66. The summed E-state index contributed by atoms with van der Waals surface area (Å²) in [7, 11) is 0. The molecule has 9 heteroatoms. The Morgan fingerprint density at radius 3 is 2.44 bits per heavy atom. The fourth-order valence-electron chi connectivity index (χ4n) is 6.98. The van der Waals surface area contributed by atoms with Crippen molar-refractivity contribution in [2.24, 2.45) is 10.8 Å². The van der Waals surface area contributed by atoms with Crippen molar-refractivity contribution in [1.29, 1.82) is 0 Å². The summed E-state index contributed by atoms with van der Waals surface area (Å²) in [4.78, 5) is 37.8. The van der Waals surface area contributed by atoms with Crippen LogP contribution in [0, 0.1) is 10.8 Å². The molecule has 2 spiro atoms. The molecule has 0 amide bonds. The first kappa shape index (κ1) is 23.9. The van der Waals surface area contributed by atoms with Crippen molar-refractivity contribution >= 4 is 17.9 Å². The van der Waals surface area contributed by atoms with Gasteiger partial charge >= 0.3 is 17.9 Å². The Kier molecular flexibility index (Phi) is 5.31. The topological polar surface area (TPSA) is 113 Å². The average molecular weight is 501 g/mol. The predicted octanol–water partition coefficient (Wildman–Crippen LogP) is 2.33. The van der Waals surface area contributed by atoms with Crippen LogP contribution in [-0.2, 0) is 42.8 Å². The van der Waals surface area contributed by atoms with Crippen LogP contribution in [0.5, 0.6) is 0 Å². The quantitative estimate of drug-likeness (QED) is 0.214. The van der Waals surface area contributed by atoms with E-state index in [0.717, 1.165) is 6.42 Å². The molecule has 194 valence electrons. The third-order valence-corrected chi connectivity index (χ3v) is 9.47. The standard InChI is InChI=1S/C27H32O9/c1-16-8-9-26-14-32-23(30)22-24(2,36-22)10-11-31-20(28)6-4-5-7-21(29)35-17-13-19(34-18(26)12-16)27(15-33-27)25(17,26)3/h4-7,12,17-19,22H,8-11,13-15H2,1-3H3/b6-4-,7-5-/t17-,18-,19-,22-,24-,25-,26-,27-/m1/s1. The summed E-state index contributed by atoms with van der Waals surface area (Å²) in [6.45, 7) is 6.71. The van der Waals surface area contributed by atoms with Crippen LogP contribution in [0.15, 0.2) is 36.0 Å². The number of epoxide rings is 2. The lowest BCUT2D eigenvalue weighted by atomic mass is 9.51. The number of carbonyl (C=O) groups is 3. The predicted molar refractivity (Wildman–Crippen MR) is 123 cm³/mol. The van der Waals surface area contributed by atoms with Crippen molar-refractivity contribution < 1.29 is 42.8 Å². The zero-order valence-electron chi connectivity index (χ0n) is 20.8. The van der Waals surface area contributed by atoms with Crippen molar-refractivity contribution in [2.75, 3.05) is 19.8 Å². The number of hydrogen-bond donors (Lipinski definition) is 0. The van der Waals surface area contributed by atoms with Gasteiger partial charge in [0, 0.05) is 30.4 Å². The van der Waals surface area contributed by atoms with Gasteiger partial charge in [0.05, 0.1) is 30.8 Å². The molecule has 0 N–H and O–H groups in total. The Morgan fingerprint density at radius 2 is 1.69 bits per heavy atom. The minimum Gasteiger partial charge on any atom is -0.463 e. The minimum atomic E-state index is -0.739. The number of rotatable bonds is 0. The Labute approximate surface area is 209 Å². The molecule has 0 aromatic carbocycles. The number of fused-ring (bicyclic) bond motifs is 1. The first-order valence-electron chi connectivity index (χ1n) is 12.7. The van der Waals surface area contributed by atoms with E-state index in [0.29, 0.717) is 25.9 Å². The normalized spacial score (nSPS) is 49.8. The number of hydrogen-bond acceptors (Lipinski definition) is 9. The molecule has 2 bridgehead atoms. The Hall–Kier alpha value is -2.49. The van der Waals surface area contributed by atoms with Gasteiger partial charge in [-0.1, -0.05) is 30.7 Å². The van der Waals surface area contributed by atoms with Gasteiger partial charge in [-0.2, -0.15) is 0 Å². The highest BCUT2D eigenvalue weighted by Crippen LogP contribution is 2.72. The summed E-state index contributed by atoms with van der Waals surface area (Å²) in [6, 6.07) is 0. The maximum atomic E-state index is 13.1. The van der Waals surface area contributed by atoms with Crippen LogP contribution in [0.3, 0.4) is 0 Å². The van der Waals surface area contributed by atoms with Gasteiger partial charge in [0.2, 0.25) is 0 Å². The zero-order valence-corrected chi connectivity index (χ0v) is 20.8. The molecule has 4 aliphatic heterocycles. The van der Waals surface area contributed by atoms with Crippen LogP contribution in [0.2, 0.25) is 0 Å². The second-order valence-electron chi connectivity index (χ2n) is 11.3. The second-order valence-corrected chi connectivity index (χ2v) is 11.3. The molecule has 0 radical (unpaired) electrons. The summed E-state index contributed by atoms with van der Waals surface area (Å²) in [5, 5.41) is 0. The van der Waals surface area contributed by atoms with Crippen molar-refractivity contribution in [2.45, 2.75) is 82.1 Å². The van der Waals surface area contributed by atoms with Gasteiger partial charge in [-0.25, -0.2) is 14.4 Å². The lowest BCUT2D eigenvalue weighted by molar-refractivity contribution is -0.233. The van der Waals surface area contributed by atoms with E-state index in [1.54, 1.807) is 0 Å². The minimum absolute atomic E-state index is 0.0974. The molecular weight excluding hydrogens is 468 g/mol. The maximum absolute atomic E-state index is 13.1. The van der Waals surface area contributed by atoms with E-state index >= 15 is 0 Å². The number of ether oxygens (including phenoxy) is 6. The monoisotopic (exact) mass is 500 g/mol. The van der Waals surface area contributed by atoms with Crippen LogP contribution in [0.4, 0.5) is 0 Å². The second kappa shape index (κ2) is 8.00. The molecule has 3 saturated heterocycles. The van der Waals surface area contributed by atoms with Crippen LogP contribution >= 0.6 is 0 Å². The number of cyclic esters (lactones) is 2. The maximum Gasteiger partial charge on any atom is 0.338 e. The van der Waals surface area contributed by atoms with Crippen LogP contribution in [0.1, 0.15) is 46.5 Å². The molecule has 2 aliphatic carbocycles. The van der Waals surface area contributed by atoms with Crippen molar-refractivity contribution in [3.63, 3.8) is 0 Å². The Bertz CT molecular complexity index is 1090. The van der Waals surface area contributed by atoms with E-state index in [4.69, 9.17) is 28.4 Å². The van der Waals surface area contributed by atoms with Crippen LogP contribution in [0.25, 0.3) is 0 Å². The van der Waals surface area contributed by atoms with Crippen molar-refractivity contribution in [3.8, 4) is 0 Å². The van der Waals surface area contributed by atoms with Gasteiger partial charge in [-0.15, -0.1) is 0 Å². The van der Waals surface area contributed by atoms with Crippen molar-refractivity contribution in [1.82, 2.24) is 0 Å². The van der Waals surface area contributed by atoms with Crippen molar-refractivity contribution in [3.05, 3.63) is 36.0 Å². The van der Waals surface area contributed by atoms with Gasteiger partial charge in [0.15, 0.2) is 6.10 Å². The van der Waals surface area contributed by atoms with Gasteiger partial charge < -0.3 is 28.4 Å². The summed E-state index contributed by atoms with van der Waals surface area (Å²) in [5.41, 5.74) is -1.36. The first-order chi connectivity index (χ1) is 17.1. The molecule has 0 aromatic rings. The van der Waals surface area contributed by atoms with Gasteiger partial charge in [0.25, 0.3) is 0 Å². The van der Waals surface area contributed by atoms with E-state index in [-0.39, 0.29) is 25.4 Å². The number of esters is 3. The molecule has 0 unspecified atom stereocenters. The molecule has 9 nitrogen and oxygen atoms in total. The number of allylic oxidation sites excluding steroid dienone is 3. The average Bonchev–Trinajstić information content (AvgIpc) is 3.74. The largest absolute Gasteiger partial charge is 0.463 e. The Balaban J connectivity index is 1.37. The van der Waals surface area contributed by atoms with Gasteiger partial charge in [0.1, 0.15) is 23.9 Å².